The summed E-state index contributed by atoms with van der Waals surface area (Å²) in [4.78, 5) is 36.8. The first-order valence-corrected chi connectivity index (χ1v) is 19.9. The summed E-state index contributed by atoms with van der Waals surface area (Å²) in [5, 5.41) is 9.58. The second-order valence-electron chi connectivity index (χ2n) is 14.5. The van der Waals surface area contributed by atoms with Gasteiger partial charge in [0.05, 0.1) is 34.4 Å². The predicted octanol–water partition coefficient (Wildman–Crippen LogP) is 10.1. The molecule has 286 valence electrons. The van der Waals surface area contributed by atoms with Crippen LogP contribution in [-0.4, -0.2) is 80.6 Å². The molecule has 0 aliphatic carbocycles. The van der Waals surface area contributed by atoms with Gasteiger partial charge >= 0.3 is 17.9 Å². The second-order valence-corrected chi connectivity index (χ2v) is 14.5. The summed E-state index contributed by atoms with van der Waals surface area (Å²) in [5.74, 6) is -1.48. The van der Waals surface area contributed by atoms with E-state index in [0.29, 0.717) is 19.3 Å². The molecule has 0 aliphatic heterocycles. The lowest BCUT2D eigenvalue weighted by Gasteiger charge is -2.31. The van der Waals surface area contributed by atoms with E-state index in [1.807, 2.05) is 21.1 Å². The van der Waals surface area contributed by atoms with Crippen LogP contribution in [0.3, 0.4) is 0 Å². The number of allylic oxidation sites excluding steroid dienone is 4. The highest BCUT2D eigenvalue weighted by molar-refractivity contribution is 5.72. The molecule has 0 aromatic heterocycles. The van der Waals surface area contributed by atoms with Gasteiger partial charge in [0.1, 0.15) is 6.61 Å². The predicted molar refractivity (Wildman–Crippen MR) is 202 cm³/mol. The SMILES string of the molecule is CCCCC/C=C\C/C=C\CCCCCCCC(=O)OC(COCCC(C(=O)O)[N+](C)(C)C)COC(=O)CCCCCCCCCCCC. The zero-order chi connectivity index (χ0) is 36.4. The average Bonchev–Trinajstić information content (AvgIpc) is 3.05. The molecule has 8 nitrogen and oxygen atoms in total. The molecule has 0 fully saturated rings. The van der Waals surface area contributed by atoms with Crippen molar-refractivity contribution in [2.45, 2.75) is 180 Å². The van der Waals surface area contributed by atoms with Gasteiger partial charge < -0.3 is 23.8 Å². The monoisotopic (exact) mass is 695 g/mol. The summed E-state index contributed by atoms with van der Waals surface area (Å²) >= 11 is 0. The molecule has 0 radical (unpaired) electrons. The van der Waals surface area contributed by atoms with E-state index in [0.717, 1.165) is 64.2 Å². The Morgan fingerprint density at radius 1 is 0.612 bits per heavy atom. The lowest BCUT2D eigenvalue weighted by Crippen LogP contribution is -2.50. The number of quaternary nitrogens is 1. The Hall–Kier alpha value is -2.19. The zero-order valence-corrected chi connectivity index (χ0v) is 32.4. The van der Waals surface area contributed by atoms with Gasteiger partial charge in [0.25, 0.3) is 0 Å². The van der Waals surface area contributed by atoms with Crippen molar-refractivity contribution < 1.29 is 38.2 Å². The Balaban J connectivity index is 4.42. The van der Waals surface area contributed by atoms with Crippen molar-refractivity contribution in [3.63, 3.8) is 0 Å². The Bertz CT molecular complexity index is 864. The van der Waals surface area contributed by atoms with Gasteiger partial charge in [-0.05, 0) is 44.9 Å². The van der Waals surface area contributed by atoms with Gasteiger partial charge in [0, 0.05) is 19.3 Å². The maximum absolute atomic E-state index is 12.7. The molecule has 0 aromatic carbocycles. The van der Waals surface area contributed by atoms with Gasteiger partial charge in [-0.1, -0.05) is 128 Å². The van der Waals surface area contributed by atoms with Crippen LogP contribution < -0.4 is 0 Å². The third kappa shape index (κ3) is 31.5. The number of hydrogen-bond donors (Lipinski definition) is 1. The van der Waals surface area contributed by atoms with Crippen LogP contribution in [0.1, 0.15) is 168 Å². The second kappa shape index (κ2) is 33.0. The first-order valence-electron chi connectivity index (χ1n) is 19.9. The Morgan fingerprint density at radius 2 is 1.08 bits per heavy atom. The van der Waals surface area contributed by atoms with Crippen LogP contribution in [-0.2, 0) is 28.6 Å². The molecule has 1 N–H and O–H groups in total. The lowest BCUT2D eigenvalue weighted by molar-refractivity contribution is -0.887. The molecule has 49 heavy (non-hydrogen) atoms. The number of carbonyl (C=O) groups excluding carboxylic acids is 2. The highest BCUT2D eigenvalue weighted by Gasteiger charge is 2.31. The van der Waals surface area contributed by atoms with Gasteiger partial charge in [-0.3, -0.25) is 9.59 Å². The van der Waals surface area contributed by atoms with E-state index in [4.69, 9.17) is 14.2 Å². The molecular formula is C41H76NO7+. The summed E-state index contributed by atoms with van der Waals surface area (Å²) in [5.41, 5.74) is 0. The summed E-state index contributed by atoms with van der Waals surface area (Å²) in [6.45, 7) is 4.68. The maximum Gasteiger partial charge on any atom is 0.362 e. The Labute approximate surface area is 301 Å². The molecule has 0 rings (SSSR count). The molecule has 0 heterocycles. The van der Waals surface area contributed by atoms with E-state index in [1.54, 1.807) is 0 Å². The van der Waals surface area contributed by atoms with Crippen molar-refractivity contribution in [2.75, 3.05) is 41.0 Å². The first-order chi connectivity index (χ1) is 23.6. The van der Waals surface area contributed by atoms with Gasteiger partial charge in [0.2, 0.25) is 0 Å². The average molecular weight is 695 g/mol. The number of likely N-dealkylation sites (N-methyl/N-ethyl adjacent to an activating group) is 1. The molecule has 0 aromatic rings. The minimum Gasteiger partial charge on any atom is -0.477 e. The smallest absolute Gasteiger partial charge is 0.362 e. The van der Waals surface area contributed by atoms with Crippen molar-refractivity contribution in [1.29, 1.82) is 0 Å². The number of carbonyl (C=O) groups is 3. The standard InChI is InChI=1S/C41H75NO7/c1-6-8-10-12-14-16-18-19-20-21-22-24-26-28-30-32-40(44)49-37(35-47-34-33-38(41(45)46)42(3,4)5)36-48-39(43)31-29-27-25-23-17-15-13-11-9-7-2/h14,16,19-20,37-38H,6-13,15,17-18,21-36H2,1-5H3/p+1/b16-14-,20-19-. The van der Waals surface area contributed by atoms with E-state index in [1.165, 1.54) is 70.6 Å². The summed E-state index contributed by atoms with van der Waals surface area (Å²) in [6, 6.07) is -0.613. The van der Waals surface area contributed by atoms with E-state index < -0.39 is 18.1 Å². The maximum atomic E-state index is 12.7. The third-order valence-corrected chi connectivity index (χ3v) is 8.85. The fourth-order valence-corrected chi connectivity index (χ4v) is 5.71. The van der Waals surface area contributed by atoms with Crippen molar-refractivity contribution in [3.05, 3.63) is 24.3 Å². The van der Waals surface area contributed by atoms with Gasteiger partial charge in [-0.15, -0.1) is 0 Å². The fraction of sp³-hybridized carbons (Fsp3) is 0.829. The molecule has 0 bridgehead atoms. The highest BCUT2D eigenvalue weighted by atomic mass is 16.6. The van der Waals surface area contributed by atoms with Crippen molar-refractivity contribution >= 4 is 17.9 Å². The fourth-order valence-electron chi connectivity index (χ4n) is 5.71. The van der Waals surface area contributed by atoms with Crippen LogP contribution in [0.2, 0.25) is 0 Å². The van der Waals surface area contributed by atoms with Gasteiger partial charge in [-0.2, -0.15) is 0 Å². The summed E-state index contributed by atoms with van der Waals surface area (Å²) in [6.07, 6.45) is 33.5. The minimum absolute atomic E-state index is 0.0534. The molecule has 2 unspecified atom stereocenters. The summed E-state index contributed by atoms with van der Waals surface area (Å²) < 4.78 is 17.2. The molecule has 0 saturated carbocycles. The molecule has 0 amide bonds. The quantitative estimate of drug-likeness (QED) is 0.0305. The Kier molecular flexibility index (Phi) is 31.5. The largest absolute Gasteiger partial charge is 0.477 e. The number of hydrogen-bond acceptors (Lipinski definition) is 6. The van der Waals surface area contributed by atoms with Gasteiger partial charge in [0.15, 0.2) is 12.1 Å². The third-order valence-electron chi connectivity index (χ3n) is 8.85. The number of nitrogens with zero attached hydrogens (tertiary/aromatic N) is 1. The van der Waals surface area contributed by atoms with Crippen molar-refractivity contribution in [1.82, 2.24) is 0 Å². The summed E-state index contributed by atoms with van der Waals surface area (Å²) in [7, 11) is 5.51. The number of ether oxygens (including phenoxy) is 3. The van der Waals surface area contributed by atoms with E-state index in [2.05, 4.69) is 38.2 Å². The van der Waals surface area contributed by atoms with E-state index >= 15 is 0 Å². The lowest BCUT2D eigenvalue weighted by atomic mass is 10.1. The van der Waals surface area contributed by atoms with Crippen LogP contribution in [0.4, 0.5) is 0 Å². The van der Waals surface area contributed by atoms with Crippen LogP contribution in [0.15, 0.2) is 24.3 Å². The number of carboxylic acids is 1. The first kappa shape index (κ1) is 46.8. The van der Waals surface area contributed by atoms with Crippen LogP contribution in [0.25, 0.3) is 0 Å². The van der Waals surface area contributed by atoms with Crippen LogP contribution >= 0.6 is 0 Å². The topological polar surface area (TPSA) is 99.1 Å². The normalized spacial score (nSPS) is 13.2. The Morgan fingerprint density at radius 3 is 1.61 bits per heavy atom. The number of rotatable bonds is 35. The number of esters is 2. The minimum atomic E-state index is -0.877. The molecule has 0 spiro atoms. The molecule has 2 atom stereocenters. The van der Waals surface area contributed by atoms with E-state index in [9.17, 15) is 19.5 Å². The van der Waals surface area contributed by atoms with Gasteiger partial charge in [-0.25, -0.2) is 4.79 Å². The van der Waals surface area contributed by atoms with Crippen molar-refractivity contribution in [3.8, 4) is 0 Å². The molecule has 8 heteroatoms. The zero-order valence-electron chi connectivity index (χ0n) is 32.4. The highest BCUT2D eigenvalue weighted by Crippen LogP contribution is 2.14. The molecule has 0 saturated heterocycles. The van der Waals surface area contributed by atoms with Crippen LogP contribution in [0.5, 0.6) is 0 Å². The van der Waals surface area contributed by atoms with Crippen LogP contribution in [0, 0.1) is 0 Å². The number of carboxylic acid groups (broad SMARTS) is 1. The number of aliphatic carboxylic acids is 1. The van der Waals surface area contributed by atoms with Crippen molar-refractivity contribution in [2.24, 2.45) is 0 Å². The van der Waals surface area contributed by atoms with E-state index in [-0.39, 0.29) is 36.2 Å². The number of unbranched alkanes of at least 4 members (excludes halogenated alkanes) is 17. The molecular weight excluding hydrogens is 618 g/mol. The molecule has 0 aliphatic rings.